The van der Waals surface area contributed by atoms with Gasteiger partial charge in [-0.1, -0.05) is 5.16 Å². The molecule has 2 aliphatic rings. The number of hydrogen-bond donors (Lipinski definition) is 6. The Bertz CT molecular complexity index is 1510. The van der Waals surface area contributed by atoms with Gasteiger partial charge in [-0.15, -0.1) is 11.3 Å². The predicted octanol–water partition coefficient (Wildman–Crippen LogP) is 1.33. The number of aryl methyl sites for hydroxylation is 1. The molecule has 0 bridgehead atoms. The van der Waals surface area contributed by atoms with Crippen molar-refractivity contribution in [1.82, 2.24) is 15.4 Å². The number of nitrogens with two attached hydrogens (primary N) is 3. The maximum atomic E-state index is 13.5. The molecule has 3 atom stereocenters. The number of rotatable bonds is 14. The summed E-state index contributed by atoms with van der Waals surface area (Å²) in [6.07, 6.45) is 1.73. The quantitative estimate of drug-likeness (QED) is 0.0542. The van der Waals surface area contributed by atoms with Crippen LogP contribution in [-0.4, -0.2) is 91.8 Å². The number of carbonyl (C=O) groups is 3. The summed E-state index contributed by atoms with van der Waals surface area (Å²) in [5.74, 6) is -1.44. The first-order valence-electron chi connectivity index (χ1n) is 14.3. The minimum Gasteiger partial charge on any atom is -0.485 e. The van der Waals surface area contributed by atoms with Crippen LogP contribution in [0.4, 0.5) is 5.13 Å². The van der Waals surface area contributed by atoms with Crippen LogP contribution in [0.5, 0.6) is 5.75 Å². The summed E-state index contributed by atoms with van der Waals surface area (Å²) in [6, 6.07) is 4.38. The molecule has 1 fully saturated rings. The molecule has 16 nitrogen and oxygen atoms in total. The zero-order valence-corrected chi connectivity index (χ0v) is 27.3. The molecule has 1 saturated carbocycles. The number of carbonyl (C=O) groups excluding carboxylic acids is 2. The number of aromatic nitrogens is 1. The van der Waals surface area contributed by atoms with E-state index in [-0.39, 0.29) is 41.7 Å². The Morgan fingerprint density at radius 1 is 1.33 bits per heavy atom. The van der Waals surface area contributed by atoms with E-state index in [4.69, 9.17) is 35.6 Å². The molecule has 1 amide bonds. The van der Waals surface area contributed by atoms with Crippen LogP contribution in [0, 0.1) is 0 Å². The van der Waals surface area contributed by atoms with Gasteiger partial charge in [0.15, 0.2) is 29.3 Å². The maximum Gasteiger partial charge on any atom is 0.354 e. The number of carboxylic acid groups (broad SMARTS) is 1. The smallest absolute Gasteiger partial charge is 0.354 e. The number of hydroxylamine groups is 2. The second kappa shape index (κ2) is 14.3. The molecule has 1 aliphatic carbocycles. The summed E-state index contributed by atoms with van der Waals surface area (Å²) in [4.78, 5) is 52.4. The molecule has 9 N–H and O–H groups in total. The number of amides is 1. The summed E-state index contributed by atoms with van der Waals surface area (Å²) in [5, 5.41) is 19.5. The number of benzene rings is 1. The van der Waals surface area contributed by atoms with Gasteiger partial charge in [0, 0.05) is 24.0 Å². The van der Waals surface area contributed by atoms with E-state index < -0.39 is 40.9 Å². The Labute approximate surface area is 273 Å². The Morgan fingerprint density at radius 3 is 2.63 bits per heavy atom. The van der Waals surface area contributed by atoms with Crippen molar-refractivity contribution in [2.75, 3.05) is 12.8 Å². The number of aliphatic imine (C=N–C) groups is 1. The van der Waals surface area contributed by atoms with Crippen molar-refractivity contribution in [3.05, 3.63) is 40.4 Å². The Hall–Kier alpha value is -3.81. The van der Waals surface area contributed by atoms with Crippen LogP contribution in [0.25, 0.3) is 0 Å². The average Bonchev–Trinajstić information content (AvgIpc) is 3.43. The van der Waals surface area contributed by atoms with Crippen LogP contribution < -0.4 is 27.3 Å². The zero-order valence-electron chi connectivity index (χ0n) is 25.7. The van der Waals surface area contributed by atoms with Crippen LogP contribution in [0.1, 0.15) is 56.9 Å². The topological polar surface area (TPSA) is 250 Å². The summed E-state index contributed by atoms with van der Waals surface area (Å²) >= 11 is 1.09. The SMILES string of the molecule is CN(OSO)C(C)(C)C(C=O)NC(=O)/C(=N\O[C@](C)(C(=O)O)C1CCc2cc(C(N)=NC3CC(N)C3)ccc2O1)c1csc(N)n1. The van der Waals surface area contributed by atoms with Crippen molar-refractivity contribution in [1.29, 1.82) is 0 Å². The molecule has 0 saturated heterocycles. The summed E-state index contributed by atoms with van der Waals surface area (Å²) in [6.45, 7) is 4.47. The van der Waals surface area contributed by atoms with Gasteiger partial charge in [-0.3, -0.25) is 9.79 Å². The molecule has 0 radical (unpaired) electrons. The predicted molar refractivity (Wildman–Crippen MR) is 172 cm³/mol. The lowest BCUT2D eigenvalue weighted by atomic mass is 9.88. The number of amidine groups is 1. The van der Waals surface area contributed by atoms with E-state index in [1.807, 2.05) is 6.07 Å². The lowest BCUT2D eigenvalue weighted by molar-refractivity contribution is -0.178. The van der Waals surface area contributed by atoms with Crippen LogP contribution in [0.2, 0.25) is 0 Å². The van der Waals surface area contributed by atoms with E-state index in [9.17, 15) is 19.5 Å². The number of anilines is 1. The first-order chi connectivity index (χ1) is 21.7. The van der Waals surface area contributed by atoms with E-state index in [0.717, 1.165) is 35.3 Å². The lowest BCUT2D eigenvalue weighted by Gasteiger charge is -2.37. The fraction of sp³-hybridized carbons (Fsp3) is 0.500. The van der Waals surface area contributed by atoms with Crippen molar-refractivity contribution < 1.29 is 37.9 Å². The highest BCUT2D eigenvalue weighted by Gasteiger charge is 2.48. The number of nitrogens with one attached hydrogen (secondary N) is 1. The molecule has 0 spiro atoms. The van der Waals surface area contributed by atoms with Crippen molar-refractivity contribution in [2.45, 2.75) is 81.8 Å². The van der Waals surface area contributed by atoms with Crippen LogP contribution in [0.15, 0.2) is 33.7 Å². The summed E-state index contributed by atoms with van der Waals surface area (Å²) < 4.78 is 20.2. The van der Waals surface area contributed by atoms with Gasteiger partial charge in [0.05, 0.1) is 11.6 Å². The highest BCUT2D eigenvalue weighted by Crippen LogP contribution is 2.35. The number of nitrogen functional groups attached to an aromatic ring is 1. The van der Waals surface area contributed by atoms with Crippen LogP contribution >= 0.6 is 23.7 Å². The molecular formula is C28H38N8O8S2. The third-order valence-corrected chi connectivity index (χ3v) is 9.22. The lowest BCUT2D eigenvalue weighted by Crippen LogP contribution is -2.59. The van der Waals surface area contributed by atoms with Crippen molar-refractivity contribution in [3.8, 4) is 5.75 Å². The van der Waals surface area contributed by atoms with Gasteiger partial charge in [-0.05, 0) is 70.2 Å². The third kappa shape index (κ3) is 7.59. The largest absolute Gasteiger partial charge is 0.485 e. The number of ether oxygens (including phenoxy) is 1. The van der Waals surface area contributed by atoms with Gasteiger partial charge in [0.25, 0.3) is 11.5 Å². The average molecular weight is 679 g/mol. The van der Waals surface area contributed by atoms with Gasteiger partial charge < -0.3 is 46.5 Å². The zero-order chi connectivity index (χ0) is 33.8. The van der Waals surface area contributed by atoms with Crippen LogP contribution in [0.3, 0.4) is 0 Å². The Kier molecular flexibility index (Phi) is 10.9. The molecule has 1 aromatic carbocycles. The number of likely N-dealkylation sites (N-methyl/N-ethyl adjacent to an activating group) is 1. The maximum absolute atomic E-state index is 13.5. The normalized spacial score (nSPS) is 22.1. The fourth-order valence-corrected chi connectivity index (χ4v) is 5.69. The third-order valence-electron chi connectivity index (χ3n) is 8.26. The van der Waals surface area contributed by atoms with Gasteiger partial charge in [0.2, 0.25) is 0 Å². The molecule has 1 aromatic heterocycles. The molecule has 2 heterocycles. The molecule has 2 aromatic rings. The Morgan fingerprint density at radius 2 is 2.04 bits per heavy atom. The highest BCUT2D eigenvalue weighted by molar-refractivity contribution is 7.88. The van der Waals surface area contributed by atoms with Crippen molar-refractivity contribution in [3.63, 3.8) is 0 Å². The number of fused-ring (bicyclic) bond motifs is 1. The number of hydrogen-bond acceptors (Lipinski definition) is 15. The number of carboxylic acids is 1. The first-order valence-corrected chi connectivity index (χ1v) is 15.8. The number of aldehydes is 1. The minimum absolute atomic E-state index is 0.00344. The molecule has 18 heteroatoms. The number of nitrogens with zero attached hydrogens (tertiary/aromatic N) is 4. The van der Waals surface area contributed by atoms with E-state index >= 15 is 0 Å². The Balaban J connectivity index is 1.57. The first kappa shape index (κ1) is 35.1. The second-order valence-electron chi connectivity index (χ2n) is 11.8. The standard InChI is InChI=1S/C28H38N8O8S2/c1-27(2,36(4)44-46-41)20(12-37)34-24(38)22(18-13-45-26(31)33-18)35-43-28(3,25(39)40)21-8-6-14-9-15(5-7-19(14)42-21)23(30)32-17-10-16(29)11-17/h5,7,9,12-13,16-17,20-21,41H,6,8,10-11,29H2,1-4H3,(H2,30,32)(H2,31,33)(H,34,38)(H,39,40)/b35-22-/t16?,17?,20?,21?,28-/m0/s1. The van der Waals surface area contributed by atoms with E-state index in [0.29, 0.717) is 24.3 Å². The van der Waals surface area contributed by atoms with Crippen molar-refractivity contribution in [2.24, 2.45) is 21.6 Å². The molecule has 46 heavy (non-hydrogen) atoms. The monoisotopic (exact) mass is 678 g/mol. The molecule has 1 aliphatic heterocycles. The summed E-state index contributed by atoms with van der Waals surface area (Å²) in [7, 11) is 1.46. The van der Waals surface area contributed by atoms with Crippen LogP contribution in [-0.2, 0) is 29.9 Å². The number of aliphatic carboxylic acids is 1. The highest BCUT2D eigenvalue weighted by atomic mass is 32.2. The van der Waals surface area contributed by atoms with Gasteiger partial charge in [-0.25, -0.2) is 9.78 Å². The van der Waals surface area contributed by atoms with Gasteiger partial charge in [0.1, 0.15) is 29.6 Å². The summed E-state index contributed by atoms with van der Waals surface area (Å²) in [5.41, 5.74) is 15.8. The molecule has 2 unspecified atom stereocenters. The van der Waals surface area contributed by atoms with Crippen molar-refractivity contribution >= 4 is 58.5 Å². The van der Waals surface area contributed by atoms with E-state index in [1.54, 1.807) is 26.0 Å². The minimum atomic E-state index is -2.05. The van der Waals surface area contributed by atoms with Gasteiger partial charge >= 0.3 is 5.97 Å². The molecule has 4 rings (SSSR count). The van der Waals surface area contributed by atoms with Gasteiger partial charge in [-0.2, -0.15) is 9.35 Å². The molecule has 250 valence electrons. The fourth-order valence-electron chi connectivity index (χ4n) is 4.85. The van der Waals surface area contributed by atoms with E-state index in [2.05, 4.69) is 20.4 Å². The number of thiazole rings is 1. The molecular weight excluding hydrogens is 640 g/mol. The number of oxime groups is 1. The van der Waals surface area contributed by atoms with E-state index in [1.165, 1.54) is 24.4 Å². The second-order valence-corrected chi connectivity index (χ2v) is 13.0.